The first kappa shape index (κ1) is 16.4. The molecule has 0 aromatic rings. The van der Waals surface area contributed by atoms with Gasteiger partial charge in [-0.25, -0.2) is 0 Å². The van der Waals surface area contributed by atoms with Crippen molar-refractivity contribution in [3.8, 4) is 0 Å². The highest BCUT2D eigenvalue weighted by molar-refractivity contribution is 5.78. The number of hydrogen-bond donors (Lipinski definition) is 1. The van der Waals surface area contributed by atoms with E-state index in [0.717, 1.165) is 32.2 Å². The Morgan fingerprint density at radius 2 is 2.16 bits per heavy atom. The second-order valence-corrected chi connectivity index (χ2v) is 5.90. The highest BCUT2D eigenvalue weighted by Crippen LogP contribution is 2.32. The average Bonchev–Trinajstić information content (AvgIpc) is 2.38. The molecule has 1 aliphatic heterocycles. The summed E-state index contributed by atoms with van der Waals surface area (Å²) in [7, 11) is 1.54. The van der Waals surface area contributed by atoms with Gasteiger partial charge in [0.1, 0.15) is 6.61 Å². The molecule has 1 saturated heterocycles. The third-order valence-corrected chi connectivity index (χ3v) is 4.30. The zero-order chi connectivity index (χ0) is 14.4. The lowest BCUT2D eigenvalue weighted by Crippen LogP contribution is -2.54. The van der Waals surface area contributed by atoms with Crippen LogP contribution >= 0.6 is 0 Å². The van der Waals surface area contributed by atoms with Crippen LogP contribution in [0.5, 0.6) is 0 Å². The Morgan fingerprint density at radius 3 is 2.68 bits per heavy atom. The van der Waals surface area contributed by atoms with Crippen molar-refractivity contribution in [3.63, 3.8) is 0 Å². The summed E-state index contributed by atoms with van der Waals surface area (Å²) < 4.78 is 4.95. The molecule has 4 heteroatoms. The van der Waals surface area contributed by atoms with Gasteiger partial charge in [0.25, 0.3) is 0 Å². The SMILES string of the molecule is CC[C@@H](C)C[C@@H]1CCCN(C(=O)COC)C1[C@H](C)O. The molecule has 0 spiro atoms. The fourth-order valence-corrected chi connectivity index (χ4v) is 3.19. The lowest BCUT2D eigenvalue weighted by Gasteiger charge is -2.43. The predicted octanol–water partition coefficient (Wildman–Crippen LogP) is 2.06. The van der Waals surface area contributed by atoms with Gasteiger partial charge in [0.15, 0.2) is 0 Å². The van der Waals surface area contributed by atoms with Crippen molar-refractivity contribution < 1.29 is 14.6 Å². The summed E-state index contributed by atoms with van der Waals surface area (Å²) in [5.41, 5.74) is 0. The second-order valence-electron chi connectivity index (χ2n) is 5.90. The Kier molecular flexibility index (Phi) is 6.80. The molecular weight excluding hydrogens is 242 g/mol. The first-order chi connectivity index (χ1) is 9.01. The molecule has 4 atom stereocenters. The Bertz CT molecular complexity index is 281. The summed E-state index contributed by atoms with van der Waals surface area (Å²) in [5, 5.41) is 10.1. The topological polar surface area (TPSA) is 49.8 Å². The Labute approximate surface area is 117 Å². The Balaban J connectivity index is 2.78. The van der Waals surface area contributed by atoms with Gasteiger partial charge < -0.3 is 14.7 Å². The van der Waals surface area contributed by atoms with Crippen molar-refractivity contribution in [1.82, 2.24) is 4.90 Å². The first-order valence-electron chi connectivity index (χ1n) is 7.47. The molecule has 0 aromatic carbocycles. The van der Waals surface area contributed by atoms with Crippen molar-refractivity contribution in [1.29, 1.82) is 0 Å². The smallest absolute Gasteiger partial charge is 0.248 e. The van der Waals surface area contributed by atoms with Gasteiger partial charge in [0.2, 0.25) is 5.91 Å². The van der Waals surface area contributed by atoms with Gasteiger partial charge >= 0.3 is 0 Å². The number of nitrogens with zero attached hydrogens (tertiary/aromatic N) is 1. The highest BCUT2D eigenvalue weighted by Gasteiger charge is 2.37. The standard InChI is InChI=1S/C15H29NO3/c1-5-11(2)9-13-7-6-8-16(14(18)10-19-4)15(13)12(3)17/h11-13,15,17H,5-10H2,1-4H3/t11-,12+,13+,15?/m1/s1. The zero-order valence-electron chi connectivity index (χ0n) is 12.8. The number of likely N-dealkylation sites (tertiary alicyclic amines) is 1. The van der Waals surface area contributed by atoms with Crippen LogP contribution in [0.15, 0.2) is 0 Å². The minimum absolute atomic E-state index is 0.00208. The first-order valence-corrected chi connectivity index (χ1v) is 7.47. The van der Waals surface area contributed by atoms with Gasteiger partial charge in [0.05, 0.1) is 12.1 Å². The fraction of sp³-hybridized carbons (Fsp3) is 0.933. The van der Waals surface area contributed by atoms with Crippen LogP contribution in [0.3, 0.4) is 0 Å². The van der Waals surface area contributed by atoms with E-state index < -0.39 is 6.10 Å². The van der Waals surface area contributed by atoms with E-state index in [4.69, 9.17) is 4.74 Å². The van der Waals surface area contributed by atoms with Gasteiger partial charge in [-0.2, -0.15) is 0 Å². The molecule has 0 aromatic heterocycles. The summed E-state index contributed by atoms with van der Waals surface area (Å²) in [6.07, 6.45) is 3.89. The molecule has 0 aliphatic carbocycles. The van der Waals surface area contributed by atoms with Crippen molar-refractivity contribution in [2.75, 3.05) is 20.3 Å². The number of aliphatic hydroxyl groups excluding tert-OH is 1. The summed E-state index contributed by atoms with van der Waals surface area (Å²) in [5.74, 6) is 1.05. The van der Waals surface area contributed by atoms with E-state index in [0.29, 0.717) is 11.8 Å². The number of carbonyl (C=O) groups is 1. The monoisotopic (exact) mass is 271 g/mol. The molecule has 1 heterocycles. The van der Waals surface area contributed by atoms with Gasteiger partial charge in [-0.15, -0.1) is 0 Å². The molecule has 0 saturated carbocycles. The zero-order valence-corrected chi connectivity index (χ0v) is 12.8. The normalized spacial score (nSPS) is 27.1. The van der Waals surface area contributed by atoms with E-state index in [-0.39, 0.29) is 18.6 Å². The predicted molar refractivity (Wildman–Crippen MR) is 75.9 cm³/mol. The largest absolute Gasteiger partial charge is 0.391 e. The number of piperidine rings is 1. The van der Waals surface area contributed by atoms with E-state index in [1.165, 1.54) is 7.11 Å². The van der Waals surface area contributed by atoms with Crippen molar-refractivity contribution in [2.24, 2.45) is 11.8 Å². The van der Waals surface area contributed by atoms with Crippen molar-refractivity contribution >= 4 is 5.91 Å². The average molecular weight is 271 g/mol. The lowest BCUT2D eigenvalue weighted by atomic mass is 9.80. The highest BCUT2D eigenvalue weighted by atomic mass is 16.5. The van der Waals surface area contributed by atoms with Crippen molar-refractivity contribution in [3.05, 3.63) is 0 Å². The minimum atomic E-state index is -0.477. The maximum atomic E-state index is 12.1. The van der Waals surface area contributed by atoms with Gasteiger partial charge in [0, 0.05) is 13.7 Å². The molecule has 0 radical (unpaired) electrons. The van der Waals surface area contributed by atoms with Gasteiger partial charge in [-0.3, -0.25) is 4.79 Å². The van der Waals surface area contributed by atoms with Gasteiger partial charge in [-0.1, -0.05) is 20.3 Å². The maximum absolute atomic E-state index is 12.1. The molecule has 19 heavy (non-hydrogen) atoms. The molecule has 1 fully saturated rings. The quantitative estimate of drug-likeness (QED) is 0.804. The molecule has 0 bridgehead atoms. The summed E-state index contributed by atoms with van der Waals surface area (Å²) in [6, 6.07) is -0.0506. The third-order valence-electron chi connectivity index (χ3n) is 4.30. The summed E-state index contributed by atoms with van der Waals surface area (Å²) >= 11 is 0. The van der Waals surface area contributed by atoms with Crippen LogP contribution in [0.2, 0.25) is 0 Å². The van der Waals surface area contributed by atoms with E-state index in [9.17, 15) is 9.90 Å². The fourth-order valence-electron chi connectivity index (χ4n) is 3.19. The van der Waals surface area contributed by atoms with Crippen molar-refractivity contribution in [2.45, 2.75) is 58.6 Å². The molecule has 1 unspecified atom stereocenters. The molecule has 112 valence electrons. The van der Waals surface area contributed by atoms with Crippen LogP contribution in [0.4, 0.5) is 0 Å². The van der Waals surface area contributed by atoms with E-state index >= 15 is 0 Å². The van der Waals surface area contributed by atoms with Crippen LogP contribution in [-0.4, -0.2) is 48.3 Å². The van der Waals surface area contributed by atoms with Crippen LogP contribution < -0.4 is 0 Å². The Morgan fingerprint density at radius 1 is 1.47 bits per heavy atom. The molecule has 1 amide bonds. The maximum Gasteiger partial charge on any atom is 0.248 e. The molecular formula is C15H29NO3. The molecule has 1 N–H and O–H groups in total. The molecule has 1 rings (SSSR count). The minimum Gasteiger partial charge on any atom is -0.391 e. The number of amides is 1. The third kappa shape index (κ3) is 4.46. The number of carbonyl (C=O) groups excluding carboxylic acids is 1. The lowest BCUT2D eigenvalue weighted by molar-refractivity contribution is -0.144. The Hall–Kier alpha value is -0.610. The number of methoxy groups -OCH3 is 1. The number of rotatable bonds is 6. The number of aliphatic hydroxyl groups is 1. The van der Waals surface area contributed by atoms with Gasteiger partial charge in [-0.05, 0) is 38.0 Å². The van der Waals surface area contributed by atoms with E-state index in [1.807, 2.05) is 4.90 Å². The number of hydrogen-bond acceptors (Lipinski definition) is 3. The summed E-state index contributed by atoms with van der Waals surface area (Å²) in [6.45, 7) is 7.09. The molecule has 4 nitrogen and oxygen atoms in total. The van der Waals surface area contributed by atoms with Crippen LogP contribution in [-0.2, 0) is 9.53 Å². The number of ether oxygens (including phenoxy) is 1. The van der Waals surface area contributed by atoms with Crippen LogP contribution in [0.25, 0.3) is 0 Å². The second kappa shape index (κ2) is 7.85. The van der Waals surface area contributed by atoms with Crippen LogP contribution in [0, 0.1) is 11.8 Å². The van der Waals surface area contributed by atoms with E-state index in [2.05, 4.69) is 13.8 Å². The van der Waals surface area contributed by atoms with Crippen LogP contribution in [0.1, 0.15) is 46.5 Å². The summed E-state index contributed by atoms with van der Waals surface area (Å²) in [4.78, 5) is 13.9. The molecule has 1 aliphatic rings. The van der Waals surface area contributed by atoms with E-state index in [1.54, 1.807) is 6.92 Å².